The first-order valence-corrected chi connectivity index (χ1v) is 6.60. The molecule has 0 bridgehead atoms. The van der Waals surface area contributed by atoms with E-state index in [9.17, 15) is 0 Å². The molecule has 2 nitrogen and oxygen atoms in total. The predicted molar refractivity (Wildman–Crippen MR) is 70.5 cm³/mol. The van der Waals surface area contributed by atoms with Crippen LogP contribution in [0.25, 0.3) is 10.9 Å². The average molecular weight is 279 g/mol. The SMILES string of the molecule is NC1CCCCc2[nH]c3ccc(Br)cc3c21. The summed E-state index contributed by atoms with van der Waals surface area (Å²) in [5.74, 6) is 0. The second-order valence-corrected chi connectivity index (χ2v) is 5.48. The van der Waals surface area contributed by atoms with E-state index in [1.807, 2.05) is 0 Å². The van der Waals surface area contributed by atoms with E-state index in [1.165, 1.54) is 35.0 Å². The molecule has 1 aliphatic rings. The van der Waals surface area contributed by atoms with Crippen molar-refractivity contribution in [1.82, 2.24) is 4.98 Å². The summed E-state index contributed by atoms with van der Waals surface area (Å²) in [4.78, 5) is 3.51. The second-order valence-electron chi connectivity index (χ2n) is 4.56. The van der Waals surface area contributed by atoms with Crippen LogP contribution in [0, 0.1) is 0 Å². The average Bonchev–Trinajstić information content (AvgIpc) is 2.51. The Morgan fingerprint density at radius 2 is 2.19 bits per heavy atom. The Morgan fingerprint density at radius 3 is 3.06 bits per heavy atom. The monoisotopic (exact) mass is 278 g/mol. The van der Waals surface area contributed by atoms with Crippen LogP contribution in [0.2, 0.25) is 0 Å². The Kier molecular flexibility index (Phi) is 2.52. The maximum atomic E-state index is 6.27. The van der Waals surface area contributed by atoms with Gasteiger partial charge in [-0.3, -0.25) is 0 Å². The van der Waals surface area contributed by atoms with Crippen LogP contribution < -0.4 is 5.73 Å². The van der Waals surface area contributed by atoms with Crippen molar-refractivity contribution in [1.29, 1.82) is 0 Å². The molecule has 0 saturated carbocycles. The highest BCUT2D eigenvalue weighted by atomic mass is 79.9. The standard InChI is InChI=1S/C13H15BrN2/c14-8-5-6-11-9(7-8)13-10(15)3-1-2-4-12(13)16-11/h5-7,10,16H,1-4,15H2. The summed E-state index contributed by atoms with van der Waals surface area (Å²) >= 11 is 3.53. The van der Waals surface area contributed by atoms with Gasteiger partial charge in [0.1, 0.15) is 0 Å². The molecule has 3 N–H and O–H groups in total. The molecular formula is C13H15BrN2. The summed E-state index contributed by atoms with van der Waals surface area (Å²) in [7, 11) is 0. The molecule has 1 aliphatic carbocycles. The molecule has 1 aromatic carbocycles. The van der Waals surface area contributed by atoms with Crippen LogP contribution in [0.5, 0.6) is 0 Å². The molecule has 2 aromatic rings. The zero-order valence-electron chi connectivity index (χ0n) is 9.09. The number of rotatable bonds is 0. The molecule has 1 unspecified atom stereocenters. The van der Waals surface area contributed by atoms with Gasteiger partial charge >= 0.3 is 0 Å². The molecule has 0 spiro atoms. The Hall–Kier alpha value is -0.800. The van der Waals surface area contributed by atoms with Crippen molar-refractivity contribution in [2.75, 3.05) is 0 Å². The number of H-pyrrole nitrogens is 1. The first-order chi connectivity index (χ1) is 7.75. The quantitative estimate of drug-likeness (QED) is 0.710. The number of hydrogen-bond donors (Lipinski definition) is 2. The molecule has 0 radical (unpaired) electrons. The van der Waals surface area contributed by atoms with Crippen molar-refractivity contribution in [2.24, 2.45) is 5.73 Å². The van der Waals surface area contributed by atoms with Crippen molar-refractivity contribution in [3.8, 4) is 0 Å². The van der Waals surface area contributed by atoms with E-state index in [-0.39, 0.29) is 6.04 Å². The minimum atomic E-state index is 0.195. The number of halogens is 1. The zero-order chi connectivity index (χ0) is 11.1. The summed E-state index contributed by atoms with van der Waals surface area (Å²) in [5.41, 5.74) is 10.2. The molecule has 16 heavy (non-hydrogen) atoms. The lowest BCUT2D eigenvalue weighted by molar-refractivity contribution is 0.617. The number of benzene rings is 1. The molecule has 1 aromatic heterocycles. The molecule has 84 valence electrons. The van der Waals surface area contributed by atoms with Gasteiger partial charge in [-0.25, -0.2) is 0 Å². The van der Waals surface area contributed by atoms with Crippen molar-refractivity contribution in [3.05, 3.63) is 33.9 Å². The normalized spacial score (nSPS) is 20.8. The van der Waals surface area contributed by atoms with E-state index in [0.717, 1.165) is 17.3 Å². The van der Waals surface area contributed by atoms with Crippen molar-refractivity contribution in [2.45, 2.75) is 31.7 Å². The van der Waals surface area contributed by atoms with Gasteiger partial charge in [0.25, 0.3) is 0 Å². The largest absolute Gasteiger partial charge is 0.358 e. The third kappa shape index (κ3) is 1.59. The Labute approximate surface area is 103 Å². The van der Waals surface area contributed by atoms with Crippen LogP contribution in [-0.2, 0) is 6.42 Å². The third-order valence-corrected chi connectivity index (χ3v) is 3.94. The van der Waals surface area contributed by atoms with Crippen molar-refractivity contribution in [3.63, 3.8) is 0 Å². The fraction of sp³-hybridized carbons (Fsp3) is 0.385. The Balaban J connectivity index is 2.28. The number of nitrogens with two attached hydrogens (primary N) is 1. The number of aromatic amines is 1. The first kappa shape index (κ1) is 10.4. The third-order valence-electron chi connectivity index (χ3n) is 3.45. The lowest BCUT2D eigenvalue weighted by Gasteiger charge is -2.09. The van der Waals surface area contributed by atoms with E-state index in [4.69, 9.17) is 5.73 Å². The summed E-state index contributed by atoms with van der Waals surface area (Å²) in [5, 5.41) is 1.29. The molecule has 0 aliphatic heterocycles. The van der Waals surface area contributed by atoms with Gasteiger partial charge in [0.05, 0.1) is 0 Å². The van der Waals surface area contributed by atoms with Gasteiger partial charge < -0.3 is 10.7 Å². The van der Waals surface area contributed by atoms with Gasteiger partial charge in [-0.05, 0) is 43.0 Å². The van der Waals surface area contributed by atoms with Crippen LogP contribution in [0.4, 0.5) is 0 Å². The number of hydrogen-bond acceptors (Lipinski definition) is 1. The van der Waals surface area contributed by atoms with Gasteiger partial charge in [-0.2, -0.15) is 0 Å². The topological polar surface area (TPSA) is 41.8 Å². The molecular weight excluding hydrogens is 264 g/mol. The fourth-order valence-electron chi connectivity index (χ4n) is 2.67. The summed E-state index contributed by atoms with van der Waals surface area (Å²) in [6, 6.07) is 6.57. The highest BCUT2D eigenvalue weighted by Gasteiger charge is 2.20. The van der Waals surface area contributed by atoms with Gasteiger partial charge in [-0.1, -0.05) is 22.4 Å². The Bertz CT molecular complexity index is 530. The van der Waals surface area contributed by atoms with Crippen LogP contribution in [-0.4, -0.2) is 4.98 Å². The molecule has 1 heterocycles. The summed E-state index contributed by atoms with van der Waals surface area (Å²) in [6.07, 6.45) is 4.72. The number of nitrogens with one attached hydrogen (secondary N) is 1. The minimum absolute atomic E-state index is 0.195. The number of aryl methyl sites for hydroxylation is 1. The van der Waals surface area contributed by atoms with Gasteiger partial charge in [0, 0.05) is 27.1 Å². The molecule has 0 saturated heterocycles. The van der Waals surface area contributed by atoms with Crippen molar-refractivity contribution >= 4 is 26.8 Å². The smallest absolute Gasteiger partial charge is 0.0460 e. The first-order valence-electron chi connectivity index (χ1n) is 5.81. The van der Waals surface area contributed by atoms with Crippen LogP contribution in [0.1, 0.15) is 36.6 Å². The number of fused-ring (bicyclic) bond motifs is 3. The predicted octanol–water partition coefficient (Wildman–Crippen LogP) is 3.66. The van der Waals surface area contributed by atoms with Gasteiger partial charge in [0.2, 0.25) is 0 Å². The highest BCUT2D eigenvalue weighted by molar-refractivity contribution is 9.10. The fourth-order valence-corrected chi connectivity index (χ4v) is 3.03. The van der Waals surface area contributed by atoms with E-state index in [0.29, 0.717) is 0 Å². The molecule has 3 heteroatoms. The lowest BCUT2D eigenvalue weighted by Crippen LogP contribution is -2.09. The van der Waals surface area contributed by atoms with Gasteiger partial charge in [-0.15, -0.1) is 0 Å². The van der Waals surface area contributed by atoms with E-state index >= 15 is 0 Å². The second kappa shape index (κ2) is 3.90. The van der Waals surface area contributed by atoms with Crippen LogP contribution >= 0.6 is 15.9 Å². The zero-order valence-corrected chi connectivity index (χ0v) is 10.7. The minimum Gasteiger partial charge on any atom is -0.358 e. The summed E-state index contributed by atoms with van der Waals surface area (Å²) in [6.45, 7) is 0. The van der Waals surface area contributed by atoms with E-state index in [2.05, 4.69) is 39.1 Å². The van der Waals surface area contributed by atoms with E-state index in [1.54, 1.807) is 0 Å². The molecule has 3 rings (SSSR count). The molecule has 1 atom stereocenters. The maximum Gasteiger partial charge on any atom is 0.0460 e. The van der Waals surface area contributed by atoms with E-state index < -0.39 is 0 Å². The molecule has 0 amide bonds. The van der Waals surface area contributed by atoms with Crippen LogP contribution in [0.15, 0.2) is 22.7 Å². The molecule has 0 fully saturated rings. The van der Waals surface area contributed by atoms with Crippen LogP contribution in [0.3, 0.4) is 0 Å². The number of aromatic nitrogens is 1. The van der Waals surface area contributed by atoms with Gasteiger partial charge in [0.15, 0.2) is 0 Å². The summed E-state index contributed by atoms with van der Waals surface area (Å²) < 4.78 is 1.12. The maximum absolute atomic E-state index is 6.27. The Morgan fingerprint density at radius 1 is 1.31 bits per heavy atom. The van der Waals surface area contributed by atoms with Crippen molar-refractivity contribution < 1.29 is 0 Å². The highest BCUT2D eigenvalue weighted by Crippen LogP contribution is 2.34. The lowest BCUT2D eigenvalue weighted by atomic mass is 10.0.